The molecule has 2 aliphatic rings. The SMILES string of the molecule is CCNCC1CCCCN1S(=O)(=O)NCC1(C)CCCC1. The quantitative estimate of drug-likeness (QED) is 0.753. The summed E-state index contributed by atoms with van der Waals surface area (Å²) in [5.41, 5.74) is 0.153. The summed E-state index contributed by atoms with van der Waals surface area (Å²) >= 11 is 0. The fourth-order valence-corrected chi connectivity index (χ4v) is 5.20. The normalized spacial score (nSPS) is 27.0. The van der Waals surface area contributed by atoms with E-state index in [0.29, 0.717) is 13.1 Å². The summed E-state index contributed by atoms with van der Waals surface area (Å²) in [6.45, 7) is 7.14. The molecule has 124 valence electrons. The first-order chi connectivity index (χ1) is 9.97. The van der Waals surface area contributed by atoms with Crippen LogP contribution in [0.1, 0.15) is 58.8 Å². The zero-order chi connectivity index (χ0) is 15.3. The summed E-state index contributed by atoms with van der Waals surface area (Å²) < 4.78 is 29.9. The zero-order valence-corrected chi connectivity index (χ0v) is 14.3. The van der Waals surface area contributed by atoms with Gasteiger partial charge in [0.15, 0.2) is 0 Å². The number of hydrogen-bond acceptors (Lipinski definition) is 3. The molecule has 5 nitrogen and oxygen atoms in total. The molecule has 0 aromatic heterocycles. The van der Waals surface area contributed by atoms with Crippen molar-refractivity contribution in [3.8, 4) is 0 Å². The summed E-state index contributed by atoms with van der Waals surface area (Å²) in [6, 6.07) is 0.104. The Labute approximate surface area is 130 Å². The molecule has 2 N–H and O–H groups in total. The van der Waals surface area contributed by atoms with Gasteiger partial charge in [-0.3, -0.25) is 0 Å². The average molecular weight is 317 g/mol. The van der Waals surface area contributed by atoms with Gasteiger partial charge in [0.05, 0.1) is 0 Å². The number of likely N-dealkylation sites (N-methyl/N-ethyl adjacent to an activating group) is 1. The molecule has 0 amide bonds. The van der Waals surface area contributed by atoms with Gasteiger partial charge in [0.25, 0.3) is 10.2 Å². The van der Waals surface area contributed by atoms with Crippen LogP contribution in [-0.2, 0) is 10.2 Å². The van der Waals surface area contributed by atoms with Crippen LogP contribution in [0.4, 0.5) is 0 Å². The maximum absolute atomic E-state index is 12.6. The fraction of sp³-hybridized carbons (Fsp3) is 1.00. The molecule has 1 atom stereocenters. The van der Waals surface area contributed by atoms with E-state index in [9.17, 15) is 8.42 Å². The molecule has 1 saturated heterocycles. The molecule has 1 heterocycles. The Balaban J connectivity index is 1.95. The summed E-state index contributed by atoms with van der Waals surface area (Å²) in [4.78, 5) is 0. The van der Waals surface area contributed by atoms with Crippen LogP contribution >= 0.6 is 0 Å². The van der Waals surface area contributed by atoms with E-state index in [1.54, 1.807) is 4.31 Å². The number of rotatable bonds is 7. The second kappa shape index (κ2) is 7.40. The van der Waals surface area contributed by atoms with Gasteiger partial charge < -0.3 is 5.32 Å². The molecular formula is C15H31N3O2S. The van der Waals surface area contributed by atoms with Crippen molar-refractivity contribution in [2.75, 3.05) is 26.2 Å². The number of hydrogen-bond donors (Lipinski definition) is 2. The van der Waals surface area contributed by atoms with E-state index >= 15 is 0 Å². The topological polar surface area (TPSA) is 61.4 Å². The molecule has 0 radical (unpaired) electrons. The maximum atomic E-state index is 12.6. The number of nitrogens with zero attached hydrogens (tertiary/aromatic N) is 1. The van der Waals surface area contributed by atoms with Gasteiger partial charge in [-0.25, -0.2) is 4.72 Å². The Hall–Kier alpha value is -0.170. The third kappa shape index (κ3) is 4.65. The number of nitrogens with one attached hydrogen (secondary N) is 2. The predicted octanol–water partition coefficient (Wildman–Crippen LogP) is 1.87. The van der Waals surface area contributed by atoms with Crippen LogP contribution in [0.5, 0.6) is 0 Å². The zero-order valence-electron chi connectivity index (χ0n) is 13.5. The molecule has 0 aromatic rings. The molecule has 0 bridgehead atoms. The van der Waals surface area contributed by atoms with Gasteiger partial charge in [-0.15, -0.1) is 0 Å². The van der Waals surface area contributed by atoms with Crippen molar-refractivity contribution in [3.63, 3.8) is 0 Å². The lowest BCUT2D eigenvalue weighted by Crippen LogP contribution is -2.53. The Morgan fingerprint density at radius 1 is 1.19 bits per heavy atom. The smallest absolute Gasteiger partial charge is 0.279 e. The van der Waals surface area contributed by atoms with Gasteiger partial charge in [-0.1, -0.05) is 33.1 Å². The van der Waals surface area contributed by atoms with Gasteiger partial charge in [0.1, 0.15) is 0 Å². The Morgan fingerprint density at radius 2 is 1.90 bits per heavy atom. The van der Waals surface area contributed by atoms with E-state index in [-0.39, 0.29) is 11.5 Å². The summed E-state index contributed by atoms with van der Waals surface area (Å²) in [5.74, 6) is 0. The molecule has 1 aliphatic carbocycles. The van der Waals surface area contributed by atoms with Gasteiger partial charge in [0, 0.05) is 25.7 Å². The maximum Gasteiger partial charge on any atom is 0.279 e. The molecule has 0 aromatic carbocycles. The van der Waals surface area contributed by atoms with E-state index in [2.05, 4.69) is 23.9 Å². The molecule has 1 saturated carbocycles. The van der Waals surface area contributed by atoms with Gasteiger partial charge in [-0.2, -0.15) is 12.7 Å². The van der Waals surface area contributed by atoms with Gasteiger partial charge >= 0.3 is 0 Å². The Morgan fingerprint density at radius 3 is 2.57 bits per heavy atom. The molecule has 2 fully saturated rings. The molecule has 1 unspecified atom stereocenters. The molecule has 2 rings (SSSR count). The number of piperidine rings is 1. The molecule has 21 heavy (non-hydrogen) atoms. The Kier molecular flexibility index (Phi) is 6.05. The largest absolute Gasteiger partial charge is 0.315 e. The van der Waals surface area contributed by atoms with E-state index in [4.69, 9.17) is 0 Å². The average Bonchev–Trinajstić information content (AvgIpc) is 2.91. The summed E-state index contributed by atoms with van der Waals surface area (Å²) in [6.07, 6.45) is 7.79. The second-order valence-corrected chi connectivity index (χ2v) is 8.62. The van der Waals surface area contributed by atoms with E-state index in [1.807, 2.05) is 0 Å². The second-order valence-electron chi connectivity index (χ2n) is 6.91. The van der Waals surface area contributed by atoms with Crippen molar-refractivity contribution in [2.45, 2.75) is 64.8 Å². The highest BCUT2D eigenvalue weighted by molar-refractivity contribution is 7.87. The van der Waals surface area contributed by atoms with Crippen LogP contribution in [0, 0.1) is 5.41 Å². The lowest BCUT2D eigenvalue weighted by Gasteiger charge is -2.35. The van der Waals surface area contributed by atoms with Crippen molar-refractivity contribution in [1.82, 2.24) is 14.3 Å². The Bertz CT molecular complexity index is 419. The van der Waals surface area contributed by atoms with E-state index in [1.165, 1.54) is 12.8 Å². The van der Waals surface area contributed by atoms with E-state index < -0.39 is 10.2 Å². The van der Waals surface area contributed by atoms with Crippen LogP contribution < -0.4 is 10.0 Å². The molecule has 1 aliphatic heterocycles. The third-order valence-corrected chi connectivity index (χ3v) is 6.61. The van der Waals surface area contributed by atoms with Crippen molar-refractivity contribution in [2.24, 2.45) is 5.41 Å². The van der Waals surface area contributed by atoms with Gasteiger partial charge in [0.2, 0.25) is 0 Å². The lowest BCUT2D eigenvalue weighted by atomic mass is 9.89. The minimum absolute atomic E-state index is 0.104. The fourth-order valence-electron chi connectivity index (χ4n) is 3.56. The highest BCUT2D eigenvalue weighted by Gasteiger charge is 2.35. The first-order valence-electron chi connectivity index (χ1n) is 8.44. The van der Waals surface area contributed by atoms with Crippen molar-refractivity contribution >= 4 is 10.2 Å². The molecule has 0 spiro atoms. The predicted molar refractivity (Wildman–Crippen MR) is 86.4 cm³/mol. The summed E-state index contributed by atoms with van der Waals surface area (Å²) in [5, 5.41) is 3.29. The monoisotopic (exact) mass is 317 g/mol. The van der Waals surface area contributed by atoms with Crippen molar-refractivity contribution in [1.29, 1.82) is 0 Å². The first kappa shape index (κ1) is 17.2. The summed E-state index contributed by atoms with van der Waals surface area (Å²) in [7, 11) is -3.35. The highest BCUT2D eigenvalue weighted by Crippen LogP contribution is 2.37. The first-order valence-corrected chi connectivity index (χ1v) is 9.88. The van der Waals surface area contributed by atoms with Crippen molar-refractivity contribution < 1.29 is 8.42 Å². The third-order valence-electron chi connectivity index (χ3n) is 5.00. The highest BCUT2D eigenvalue weighted by atomic mass is 32.2. The standard InChI is InChI=1S/C15H31N3O2S/c1-3-16-12-14-8-4-7-11-18(14)21(19,20)17-13-15(2)9-5-6-10-15/h14,16-17H,3-13H2,1-2H3. The minimum atomic E-state index is -3.35. The van der Waals surface area contributed by atoms with Crippen LogP contribution in [-0.4, -0.2) is 44.9 Å². The van der Waals surface area contributed by atoms with Crippen LogP contribution in [0.15, 0.2) is 0 Å². The minimum Gasteiger partial charge on any atom is -0.315 e. The molecular weight excluding hydrogens is 286 g/mol. The molecule has 6 heteroatoms. The van der Waals surface area contributed by atoms with E-state index in [0.717, 1.165) is 45.2 Å². The van der Waals surface area contributed by atoms with Crippen LogP contribution in [0.25, 0.3) is 0 Å². The van der Waals surface area contributed by atoms with Crippen LogP contribution in [0.2, 0.25) is 0 Å². The lowest BCUT2D eigenvalue weighted by molar-refractivity contribution is 0.240. The van der Waals surface area contributed by atoms with Crippen LogP contribution in [0.3, 0.4) is 0 Å². The van der Waals surface area contributed by atoms with Gasteiger partial charge in [-0.05, 0) is 37.6 Å². The van der Waals surface area contributed by atoms with Crippen molar-refractivity contribution in [3.05, 3.63) is 0 Å².